The average Bonchev–Trinajstić information content (AvgIpc) is 3.22. The summed E-state index contributed by atoms with van der Waals surface area (Å²) < 4.78 is 0. The fourth-order valence-corrected chi connectivity index (χ4v) is 4.08. The molecule has 0 radical (unpaired) electrons. The predicted octanol–water partition coefficient (Wildman–Crippen LogP) is 2.99. The third-order valence-corrected chi connectivity index (χ3v) is 5.83. The Labute approximate surface area is 170 Å². The molecule has 6 nitrogen and oxygen atoms in total. The lowest BCUT2D eigenvalue weighted by molar-refractivity contribution is -0.130. The van der Waals surface area contributed by atoms with E-state index in [4.69, 9.17) is 0 Å². The summed E-state index contributed by atoms with van der Waals surface area (Å²) >= 11 is 1.40. The Kier molecular flexibility index (Phi) is 6.78. The van der Waals surface area contributed by atoms with Crippen molar-refractivity contribution in [1.29, 1.82) is 0 Å². The van der Waals surface area contributed by atoms with Crippen LogP contribution in [0.25, 0.3) is 0 Å². The molecule has 7 heteroatoms. The first-order valence-corrected chi connectivity index (χ1v) is 10.9. The van der Waals surface area contributed by atoms with Gasteiger partial charge in [0.1, 0.15) is 0 Å². The van der Waals surface area contributed by atoms with Crippen LogP contribution in [0.5, 0.6) is 0 Å². The first-order chi connectivity index (χ1) is 13.5. The van der Waals surface area contributed by atoms with Crippen molar-refractivity contribution in [3.63, 3.8) is 0 Å². The van der Waals surface area contributed by atoms with E-state index in [1.807, 2.05) is 26.3 Å². The lowest BCUT2D eigenvalue weighted by Gasteiger charge is -2.24. The highest BCUT2D eigenvalue weighted by atomic mass is 32.2. The average molecular weight is 401 g/mol. The van der Waals surface area contributed by atoms with Crippen molar-refractivity contribution in [3.8, 4) is 0 Å². The molecule has 1 aromatic carbocycles. The Morgan fingerprint density at radius 3 is 2.68 bits per heavy atom. The van der Waals surface area contributed by atoms with Gasteiger partial charge in [-0.05, 0) is 44.1 Å². The van der Waals surface area contributed by atoms with Gasteiger partial charge < -0.3 is 14.8 Å². The molecule has 0 bridgehead atoms. The maximum absolute atomic E-state index is 12.7. The molecule has 1 N–H and O–H groups in total. The molecule has 28 heavy (non-hydrogen) atoms. The molecular formula is C21H28N4O2S. The van der Waals surface area contributed by atoms with Crippen LogP contribution in [0.4, 0.5) is 5.69 Å². The van der Waals surface area contributed by atoms with Gasteiger partial charge in [0.25, 0.3) is 5.56 Å². The van der Waals surface area contributed by atoms with E-state index in [1.54, 1.807) is 4.90 Å². The Bertz CT molecular complexity index is 890. The number of anilines is 1. The number of nitrogens with one attached hydrogen (secondary N) is 1. The zero-order valence-corrected chi connectivity index (χ0v) is 17.6. The van der Waals surface area contributed by atoms with Gasteiger partial charge in [0.05, 0.1) is 0 Å². The van der Waals surface area contributed by atoms with Crippen LogP contribution in [0, 0.1) is 6.92 Å². The number of benzene rings is 1. The summed E-state index contributed by atoms with van der Waals surface area (Å²) in [5.74, 6) is 0.0315. The molecule has 1 aromatic heterocycles. The number of aromatic nitrogens is 2. The molecule has 1 aliphatic heterocycles. The summed E-state index contributed by atoms with van der Waals surface area (Å²) in [6, 6.07) is 8.31. The summed E-state index contributed by atoms with van der Waals surface area (Å²) in [5, 5.41) is 0.605. The van der Waals surface area contributed by atoms with Crippen molar-refractivity contribution < 1.29 is 4.79 Å². The molecule has 1 amide bonds. The maximum atomic E-state index is 12.7. The SMILES string of the molecule is CSc1nc(C)c(CCC(=O)N(C)Cc2ccccc2N2CCCC2)c(=O)[nH]1. The van der Waals surface area contributed by atoms with Gasteiger partial charge in [0.2, 0.25) is 5.91 Å². The van der Waals surface area contributed by atoms with Gasteiger partial charge in [-0.25, -0.2) is 4.98 Å². The smallest absolute Gasteiger partial charge is 0.254 e. The lowest BCUT2D eigenvalue weighted by Crippen LogP contribution is -2.29. The molecule has 1 saturated heterocycles. The van der Waals surface area contributed by atoms with E-state index in [9.17, 15) is 9.59 Å². The van der Waals surface area contributed by atoms with E-state index in [2.05, 4.69) is 33.1 Å². The van der Waals surface area contributed by atoms with E-state index in [1.165, 1.54) is 35.9 Å². The minimum atomic E-state index is -0.147. The molecule has 1 aliphatic rings. The third-order valence-electron chi connectivity index (χ3n) is 5.25. The first-order valence-electron chi connectivity index (χ1n) is 9.70. The standard InChI is InChI=1S/C21H28N4O2S/c1-15-17(20(27)23-21(22-15)28-3)10-11-19(26)24(2)14-16-8-4-5-9-18(16)25-12-6-7-13-25/h4-5,8-9H,6-7,10-14H2,1-3H3,(H,22,23,27). The number of nitrogens with zero attached hydrogens (tertiary/aromatic N) is 3. The second-order valence-electron chi connectivity index (χ2n) is 7.21. The Hall–Kier alpha value is -2.28. The van der Waals surface area contributed by atoms with Crippen molar-refractivity contribution in [1.82, 2.24) is 14.9 Å². The quantitative estimate of drug-likeness (QED) is 0.572. The number of aromatic amines is 1. The normalized spacial score (nSPS) is 13.8. The van der Waals surface area contributed by atoms with E-state index < -0.39 is 0 Å². The number of para-hydroxylation sites is 1. The number of carbonyl (C=O) groups excluding carboxylic acids is 1. The number of thioether (sulfide) groups is 1. The number of amides is 1. The van der Waals surface area contributed by atoms with Crippen LogP contribution < -0.4 is 10.5 Å². The van der Waals surface area contributed by atoms with E-state index in [-0.39, 0.29) is 11.5 Å². The zero-order chi connectivity index (χ0) is 20.1. The van der Waals surface area contributed by atoms with Crippen molar-refractivity contribution >= 4 is 23.4 Å². The third kappa shape index (κ3) is 4.76. The van der Waals surface area contributed by atoms with E-state index >= 15 is 0 Å². The van der Waals surface area contributed by atoms with Gasteiger partial charge in [-0.2, -0.15) is 0 Å². The molecular weight excluding hydrogens is 372 g/mol. The minimum absolute atomic E-state index is 0.0315. The Morgan fingerprint density at radius 1 is 1.29 bits per heavy atom. The van der Waals surface area contributed by atoms with Gasteiger partial charge in [0, 0.05) is 50.0 Å². The highest BCUT2D eigenvalue weighted by molar-refractivity contribution is 7.98. The van der Waals surface area contributed by atoms with Crippen molar-refractivity contribution in [3.05, 3.63) is 51.4 Å². The Balaban J connectivity index is 1.64. The van der Waals surface area contributed by atoms with Gasteiger partial charge in [-0.15, -0.1) is 0 Å². The van der Waals surface area contributed by atoms with Gasteiger partial charge in [-0.1, -0.05) is 30.0 Å². The fourth-order valence-electron chi connectivity index (χ4n) is 3.65. The maximum Gasteiger partial charge on any atom is 0.254 e. The second kappa shape index (κ2) is 9.28. The van der Waals surface area contributed by atoms with Crippen LogP contribution in [0.15, 0.2) is 34.2 Å². The molecule has 0 aliphatic carbocycles. The molecule has 0 saturated carbocycles. The van der Waals surface area contributed by atoms with Crippen molar-refractivity contribution in [2.45, 2.75) is 44.3 Å². The Morgan fingerprint density at radius 2 is 2.00 bits per heavy atom. The van der Waals surface area contributed by atoms with Crippen molar-refractivity contribution in [2.75, 3.05) is 31.3 Å². The number of carbonyl (C=O) groups is 1. The second-order valence-corrected chi connectivity index (χ2v) is 8.01. The largest absolute Gasteiger partial charge is 0.371 e. The highest BCUT2D eigenvalue weighted by Crippen LogP contribution is 2.25. The van der Waals surface area contributed by atoms with E-state index in [0.717, 1.165) is 13.1 Å². The minimum Gasteiger partial charge on any atom is -0.371 e. The zero-order valence-electron chi connectivity index (χ0n) is 16.8. The molecule has 2 heterocycles. The van der Waals surface area contributed by atoms with Crippen LogP contribution in [0.1, 0.15) is 36.1 Å². The van der Waals surface area contributed by atoms with Gasteiger partial charge in [0.15, 0.2) is 5.16 Å². The summed E-state index contributed by atoms with van der Waals surface area (Å²) in [5.41, 5.74) is 3.54. The van der Waals surface area contributed by atoms with E-state index in [0.29, 0.717) is 35.8 Å². The first kappa shape index (κ1) is 20.5. The summed E-state index contributed by atoms with van der Waals surface area (Å²) in [6.45, 7) is 4.56. The molecule has 0 unspecified atom stereocenters. The number of rotatable bonds is 7. The summed E-state index contributed by atoms with van der Waals surface area (Å²) in [4.78, 5) is 36.2. The number of hydrogen-bond donors (Lipinski definition) is 1. The molecule has 0 atom stereocenters. The van der Waals surface area contributed by atoms with Crippen LogP contribution in [0.3, 0.4) is 0 Å². The fraction of sp³-hybridized carbons (Fsp3) is 0.476. The number of aryl methyl sites for hydroxylation is 1. The highest BCUT2D eigenvalue weighted by Gasteiger charge is 2.18. The van der Waals surface area contributed by atoms with Crippen LogP contribution in [0.2, 0.25) is 0 Å². The lowest BCUT2D eigenvalue weighted by atomic mass is 10.1. The van der Waals surface area contributed by atoms with Crippen LogP contribution >= 0.6 is 11.8 Å². The molecule has 0 spiro atoms. The molecule has 2 aromatic rings. The monoisotopic (exact) mass is 400 g/mol. The van der Waals surface area contributed by atoms with Gasteiger partial charge >= 0.3 is 0 Å². The van der Waals surface area contributed by atoms with Gasteiger partial charge in [-0.3, -0.25) is 9.59 Å². The number of H-pyrrole nitrogens is 1. The topological polar surface area (TPSA) is 69.3 Å². The molecule has 3 rings (SSSR count). The number of hydrogen-bond acceptors (Lipinski definition) is 5. The summed E-state index contributed by atoms with van der Waals surface area (Å²) in [7, 11) is 1.83. The van der Waals surface area contributed by atoms with Crippen LogP contribution in [-0.4, -0.2) is 47.2 Å². The molecule has 150 valence electrons. The van der Waals surface area contributed by atoms with Crippen molar-refractivity contribution in [2.24, 2.45) is 0 Å². The summed E-state index contributed by atoms with van der Waals surface area (Å²) in [6.07, 6.45) is 5.02. The van der Waals surface area contributed by atoms with Crippen LogP contribution in [-0.2, 0) is 17.8 Å². The molecule has 1 fully saturated rings. The predicted molar refractivity (Wildman–Crippen MR) is 114 cm³/mol.